The number of nitro groups is 1. The van der Waals surface area contributed by atoms with Gasteiger partial charge in [-0.3, -0.25) is 14.3 Å². The summed E-state index contributed by atoms with van der Waals surface area (Å²) in [5.41, 5.74) is 5.27. The number of pyridine rings is 1. The lowest BCUT2D eigenvalue weighted by Gasteiger charge is -2.09. The third-order valence-electron chi connectivity index (χ3n) is 5.11. The van der Waals surface area contributed by atoms with E-state index in [1.165, 1.54) is 12.1 Å². The van der Waals surface area contributed by atoms with E-state index in [9.17, 15) is 18.5 Å². The van der Waals surface area contributed by atoms with Crippen molar-refractivity contribution in [3.63, 3.8) is 0 Å². The Labute approximate surface area is 202 Å². The van der Waals surface area contributed by atoms with E-state index in [0.717, 1.165) is 34.3 Å². The van der Waals surface area contributed by atoms with Crippen LogP contribution in [0.15, 0.2) is 67.0 Å². The standard InChI is InChI=1S/C25H23N3O6S/c1-18-3-12-25-26-23(17-27(25)16-18)20-7-4-19(5-8-20)6-9-21-10-11-22(28(29)30)15-24(21)33-13-14-34-35(2,31)32/h3-12,15-17H,13-14H2,1-2H3. The first kappa shape index (κ1) is 24.1. The van der Waals surface area contributed by atoms with E-state index >= 15 is 0 Å². The number of fused-ring (bicyclic) bond motifs is 1. The second-order valence-corrected chi connectivity index (χ2v) is 9.55. The summed E-state index contributed by atoms with van der Waals surface area (Å²) in [6, 6.07) is 16.1. The molecule has 2 aromatic carbocycles. The minimum Gasteiger partial charge on any atom is -0.490 e. The van der Waals surface area contributed by atoms with Crippen LogP contribution in [0.1, 0.15) is 16.7 Å². The van der Waals surface area contributed by atoms with E-state index < -0.39 is 15.0 Å². The van der Waals surface area contributed by atoms with Crippen LogP contribution in [0.25, 0.3) is 29.1 Å². The van der Waals surface area contributed by atoms with Crippen LogP contribution in [0.5, 0.6) is 5.75 Å². The lowest BCUT2D eigenvalue weighted by molar-refractivity contribution is -0.384. The van der Waals surface area contributed by atoms with Gasteiger partial charge in [0, 0.05) is 29.6 Å². The molecule has 2 heterocycles. The highest BCUT2D eigenvalue weighted by Gasteiger charge is 2.11. The number of aryl methyl sites for hydroxylation is 1. The highest BCUT2D eigenvalue weighted by Crippen LogP contribution is 2.27. The van der Waals surface area contributed by atoms with Crippen LogP contribution >= 0.6 is 0 Å². The van der Waals surface area contributed by atoms with Gasteiger partial charge in [0.1, 0.15) is 24.6 Å². The van der Waals surface area contributed by atoms with Gasteiger partial charge in [0.05, 0.1) is 22.9 Å². The van der Waals surface area contributed by atoms with Gasteiger partial charge in [-0.2, -0.15) is 8.42 Å². The number of nitro benzene ring substituents is 1. The summed E-state index contributed by atoms with van der Waals surface area (Å²) in [7, 11) is -3.60. The molecule has 10 heteroatoms. The van der Waals surface area contributed by atoms with Crippen LogP contribution in [0.3, 0.4) is 0 Å². The largest absolute Gasteiger partial charge is 0.490 e. The Balaban J connectivity index is 1.51. The van der Waals surface area contributed by atoms with Gasteiger partial charge in [0.25, 0.3) is 15.8 Å². The molecule has 0 radical (unpaired) electrons. The molecule has 0 atom stereocenters. The maximum atomic E-state index is 11.1. The number of hydrogen-bond donors (Lipinski definition) is 0. The average molecular weight is 494 g/mol. The Kier molecular flexibility index (Phi) is 6.94. The summed E-state index contributed by atoms with van der Waals surface area (Å²) >= 11 is 0. The summed E-state index contributed by atoms with van der Waals surface area (Å²) < 4.78 is 34.4. The Hall–Kier alpha value is -4.02. The number of non-ortho nitro benzene ring substituents is 1. The molecule has 0 aliphatic heterocycles. The number of nitrogens with zero attached hydrogens (tertiary/aromatic N) is 3. The zero-order chi connectivity index (χ0) is 25.0. The van der Waals surface area contributed by atoms with Crippen LogP contribution in [-0.4, -0.2) is 42.2 Å². The molecule has 0 aliphatic carbocycles. The second kappa shape index (κ2) is 10.1. The topological polar surface area (TPSA) is 113 Å². The fourth-order valence-electron chi connectivity index (χ4n) is 3.43. The first-order chi connectivity index (χ1) is 16.7. The summed E-state index contributed by atoms with van der Waals surface area (Å²) in [6.45, 7) is 1.75. The van der Waals surface area contributed by atoms with Gasteiger partial charge in [-0.15, -0.1) is 0 Å². The van der Waals surface area contributed by atoms with Crippen molar-refractivity contribution in [3.05, 3.63) is 93.8 Å². The van der Waals surface area contributed by atoms with Crippen molar-refractivity contribution >= 4 is 33.6 Å². The van der Waals surface area contributed by atoms with Crippen LogP contribution in [0.4, 0.5) is 5.69 Å². The normalized spacial score (nSPS) is 11.8. The van der Waals surface area contributed by atoms with E-state index in [2.05, 4.69) is 9.17 Å². The third kappa shape index (κ3) is 6.31. The third-order valence-corrected chi connectivity index (χ3v) is 5.70. The zero-order valence-corrected chi connectivity index (χ0v) is 19.9. The first-order valence-electron chi connectivity index (χ1n) is 10.7. The SMILES string of the molecule is Cc1ccc2nc(-c3ccc(C=Cc4ccc([N+](=O)[O-])cc4OCCOS(C)(=O)=O)cc3)cn2c1. The van der Waals surface area contributed by atoms with Gasteiger partial charge in [-0.25, -0.2) is 4.98 Å². The maximum Gasteiger partial charge on any atom is 0.273 e. The highest BCUT2D eigenvalue weighted by atomic mass is 32.2. The van der Waals surface area contributed by atoms with Gasteiger partial charge in [0.2, 0.25) is 0 Å². The van der Waals surface area contributed by atoms with Crippen molar-refractivity contribution in [2.24, 2.45) is 0 Å². The van der Waals surface area contributed by atoms with Gasteiger partial charge in [-0.05, 0) is 30.2 Å². The van der Waals surface area contributed by atoms with Gasteiger partial charge < -0.3 is 9.14 Å². The van der Waals surface area contributed by atoms with Crippen molar-refractivity contribution in [3.8, 4) is 17.0 Å². The molecule has 0 saturated carbocycles. The van der Waals surface area contributed by atoms with Crippen LogP contribution < -0.4 is 4.74 Å². The lowest BCUT2D eigenvalue weighted by atomic mass is 10.1. The van der Waals surface area contributed by atoms with Crippen LogP contribution in [-0.2, 0) is 14.3 Å². The quantitative estimate of drug-likeness (QED) is 0.109. The number of rotatable bonds is 9. The molecule has 4 aromatic rings. The molecule has 0 N–H and O–H groups in total. The molecule has 9 nitrogen and oxygen atoms in total. The summed E-state index contributed by atoms with van der Waals surface area (Å²) in [5.74, 6) is 0.254. The fourth-order valence-corrected chi connectivity index (χ4v) is 3.80. The second-order valence-electron chi connectivity index (χ2n) is 7.91. The highest BCUT2D eigenvalue weighted by molar-refractivity contribution is 7.85. The summed E-state index contributed by atoms with van der Waals surface area (Å²) in [6.07, 6.45) is 8.59. The van der Waals surface area contributed by atoms with Crippen molar-refractivity contribution < 1.29 is 22.3 Å². The number of aromatic nitrogens is 2. The number of benzene rings is 2. The Morgan fingerprint density at radius 3 is 2.51 bits per heavy atom. The molecule has 0 amide bonds. The van der Waals surface area contributed by atoms with Crippen LogP contribution in [0.2, 0.25) is 0 Å². The lowest BCUT2D eigenvalue weighted by Crippen LogP contribution is -2.11. The van der Waals surface area contributed by atoms with Gasteiger partial charge in [0.15, 0.2) is 0 Å². The fraction of sp³-hybridized carbons (Fsp3) is 0.160. The summed E-state index contributed by atoms with van der Waals surface area (Å²) in [4.78, 5) is 15.3. The van der Waals surface area contributed by atoms with Crippen molar-refractivity contribution in [1.29, 1.82) is 0 Å². The Morgan fingerprint density at radius 2 is 1.80 bits per heavy atom. The molecule has 35 heavy (non-hydrogen) atoms. The molecule has 0 saturated heterocycles. The maximum absolute atomic E-state index is 11.1. The predicted octanol–water partition coefficient (Wildman–Crippen LogP) is 4.74. The molecule has 2 aromatic heterocycles. The molecule has 0 aliphatic rings. The van der Waals surface area contributed by atoms with Crippen molar-refractivity contribution in [2.75, 3.05) is 19.5 Å². The Bertz CT molecular complexity index is 1510. The van der Waals surface area contributed by atoms with Crippen molar-refractivity contribution in [2.45, 2.75) is 6.92 Å². The number of imidazole rings is 1. The molecular formula is C25H23N3O6S. The minimum atomic E-state index is -3.60. The zero-order valence-electron chi connectivity index (χ0n) is 19.1. The van der Waals surface area contributed by atoms with Crippen molar-refractivity contribution in [1.82, 2.24) is 9.38 Å². The molecule has 0 spiro atoms. The summed E-state index contributed by atoms with van der Waals surface area (Å²) in [5, 5.41) is 11.1. The molecule has 0 unspecified atom stereocenters. The monoisotopic (exact) mass is 493 g/mol. The smallest absolute Gasteiger partial charge is 0.273 e. The molecular weight excluding hydrogens is 470 g/mol. The van der Waals surface area contributed by atoms with E-state index in [0.29, 0.717) is 5.56 Å². The molecule has 180 valence electrons. The van der Waals surface area contributed by atoms with E-state index in [1.807, 2.05) is 66.2 Å². The first-order valence-corrected chi connectivity index (χ1v) is 12.5. The van der Waals surface area contributed by atoms with Crippen LogP contribution in [0, 0.1) is 17.0 Å². The van der Waals surface area contributed by atoms with E-state index in [-0.39, 0.29) is 24.7 Å². The van der Waals surface area contributed by atoms with E-state index in [4.69, 9.17) is 4.74 Å². The molecule has 4 rings (SSSR count). The number of ether oxygens (including phenoxy) is 1. The molecule has 0 bridgehead atoms. The minimum absolute atomic E-state index is 0.0810. The van der Waals surface area contributed by atoms with Gasteiger partial charge in [-0.1, -0.05) is 42.5 Å². The van der Waals surface area contributed by atoms with E-state index in [1.54, 1.807) is 12.1 Å². The van der Waals surface area contributed by atoms with Gasteiger partial charge >= 0.3 is 0 Å². The molecule has 0 fully saturated rings. The number of hydrogen-bond acceptors (Lipinski definition) is 7. The predicted molar refractivity (Wildman–Crippen MR) is 134 cm³/mol. The Morgan fingerprint density at radius 1 is 1.03 bits per heavy atom. The average Bonchev–Trinajstić information content (AvgIpc) is 3.23.